The lowest BCUT2D eigenvalue weighted by Crippen LogP contribution is -2.01. The van der Waals surface area contributed by atoms with Gasteiger partial charge >= 0.3 is 0 Å². The maximum absolute atomic E-state index is 13.8. The van der Waals surface area contributed by atoms with Crippen LogP contribution >= 0.6 is 11.8 Å². The lowest BCUT2D eigenvalue weighted by Gasteiger charge is -2.14. The van der Waals surface area contributed by atoms with Gasteiger partial charge in [-0.05, 0) is 37.3 Å². The summed E-state index contributed by atoms with van der Waals surface area (Å²) >= 11 is 1.56. The molecule has 1 fully saturated rings. The third kappa shape index (κ3) is 3.23. The Morgan fingerprint density at radius 3 is 2.76 bits per heavy atom. The SMILES string of the molecule is C[C@H](O)c1cccc(F)c1SCC1CCCC1. The second kappa shape index (κ2) is 5.87. The number of benzene rings is 1. The molecule has 0 amide bonds. The first kappa shape index (κ1) is 12.9. The van der Waals surface area contributed by atoms with E-state index in [4.69, 9.17) is 0 Å². The fourth-order valence-electron chi connectivity index (χ4n) is 2.38. The van der Waals surface area contributed by atoms with Crippen LogP contribution in [0.4, 0.5) is 4.39 Å². The molecule has 1 aromatic carbocycles. The molecule has 1 nitrogen and oxygen atoms in total. The number of thioether (sulfide) groups is 1. The van der Waals surface area contributed by atoms with Crippen LogP contribution in [-0.2, 0) is 0 Å². The molecule has 0 unspecified atom stereocenters. The highest BCUT2D eigenvalue weighted by atomic mass is 32.2. The molecule has 0 spiro atoms. The van der Waals surface area contributed by atoms with Crippen molar-refractivity contribution in [3.63, 3.8) is 0 Å². The van der Waals surface area contributed by atoms with Gasteiger partial charge in [0.25, 0.3) is 0 Å². The van der Waals surface area contributed by atoms with E-state index in [1.807, 2.05) is 6.07 Å². The molecule has 0 saturated heterocycles. The maximum Gasteiger partial charge on any atom is 0.137 e. The zero-order chi connectivity index (χ0) is 12.3. The van der Waals surface area contributed by atoms with Gasteiger partial charge in [-0.1, -0.05) is 25.0 Å². The molecule has 94 valence electrons. The zero-order valence-corrected chi connectivity index (χ0v) is 11.0. The van der Waals surface area contributed by atoms with E-state index < -0.39 is 6.10 Å². The summed E-state index contributed by atoms with van der Waals surface area (Å²) in [6, 6.07) is 4.95. The Balaban J connectivity index is 2.07. The van der Waals surface area contributed by atoms with E-state index in [1.165, 1.54) is 31.7 Å². The molecule has 1 N–H and O–H groups in total. The first-order valence-electron chi connectivity index (χ1n) is 6.27. The quantitative estimate of drug-likeness (QED) is 0.814. The lowest BCUT2D eigenvalue weighted by molar-refractivity contribution is 0.195. The minimum atomic E-state index is -0.600. The summed E-state index contributed by atoms with van der Waals surface area (Å²) in [5.41, 5.74) is 0.716. The van der Waals surface area contributed by atoms with Crippen molar-refractivity contribution in [2.75, 3.05) is 5.75 Å². The molecule has 0 aromatic heterocycles. The normalized spacial score (nSPS) is 18.5. The Bertz CT molecular complexity index is 372. The summed E-state index contributed by atoms with van der Waals surface area (Å²) < 4.78 is 13.8. The molecule has 0 radical (unpaired) electrons. The van der Waals surface area contributed by atoms with Crippen molar-refractivity contribution in [2.45, 2.75) is 43.6 Å². The highest BCUT2D eigenvalue weighted by molar-refractivity contribution is 7.99. The number of halogens is 1. The first-order valence-corrected chi connectivity index (χ1v) is 7.26. The molecule has 17 heavy (non-hydrogen) atoms. The fourth-order valence-corrected chi connectivity index (χ4v) is 3.73. The number of hydrogen-bond donors (Lipinski definition) is 1. The van der Waals surface area contributed by atoms with E-state index >= 15 is 0 Å². The number of aliphatic hydroxyl groups excluding tert-OH is 1. The Labute approximate surface area is 106 Å². The van der Waals surface area contributed by atoms with Crippen LogP contribution in [0.5, 0.6) is 0 Å². The van der Waals surface area contributed by atoms with E-state index in [2.05, 4.69) is 0 Å². The topological polar surface area (TPSA) is 20.2 Å². The van der Waals surface area contributed by atoms with Gasteiger partial charge in [-0.2, -0.15) is 0 Å². The van der Waals surface area contributed by atoms with Gasteiger partial charge in [-0.25, -0.2) is 4.39 Å². The number of rotatable bonds is 4. The van der Waals surface area contributed by atoms with E-state index in [0.717, 1.165) is 11.7 Å². The van der Waals surface area contributed by atoms with Crippen LogP contribution in [0.1, 0.15) is 44.3 Å². The minimum absolute atomic E-state index is 0.202. The predicted octanol–water partition coefficient (Wildman–Crippen LogP) is 4.16. The second-order valence-corrected chi connectivity index (χ2v) is 5.83. The summed E-state index contributed by atoms with van der Waals surface area (Å²) in [5, 5.41) is 9.64. The molecule has 1 saturated carbocycles. The van der Waals surface area contributed by atoms with Crippen molar-refractivity contribution in [2.24, 2.45) is 5.92 Å². The van der Waals surface area contributed by atoms with Crippen LogP contribution in [0.2, 0.25) is 0 Å². The molecular weight excluding hydrogens is 235 g/mol. The molecule has 0 heterocycles. The van der Waals surface area contributed by atoms with E-state index in [9.17, 15) is 9.50 Å². The van der Waals surface area contributed by atoms with Crippen molar-refractivity contribution in [1.29, 1.82) is 0 Å². The van der Waals surface area contributed by atoms with Crippen LogP contribution in [0.25, 0.3) is 0 Å². The smallest absolute Gasteiger partial charge is 0.137 e. The molecule has 1 aliphatic carbocycles. The van der Waals surface area contributed by atoms with E-state index in [0.29, 0.717) is 10.5 Å². The molecule has 1 atom stereocenters. The van der Waals surface area contributed by atoms with E-state index in [1.54, 1.807) is 24.8 Å². The minimum Gasteiger partial charge on any atom is -0.389 e. The molecule has 0 bridgehead atoms. The largest absolute Gasteiger partial charge is 0.389 e. The highest BCUT2D eigenvalue weighted by Crippen LogP contribution is 2.35. The van der Waals surface area contributed by atoms with Gasteiger partial charge in [0.15, 0.2) is 0 Å². The zero-order valence-electron chi connectivity index (χ0n) is 10.2. The van der Waals surface area contributed by atoms with Gasteiger partial charge in [0, 0.05) is 10.6 Å². The Morgan fingerprint density at radius 1 is 1.41 bits per heavy atom. The number of hydrogen-bond acceptors (Lipinski definition) is 2. The predicted molar refractivity (Wildman–Crippen MR) is 69.7 cm³/mol. The van der Waals surface area contributed by atoms with Gasteiger partial charge in [-0.15, -0.1) is 11.8 Å². The van der Waals surface area contributed by atoms with Gasteiger partial charge in [0.2, 0.25) is 0 Å². The van der Waals surface area contributed by atoms with Crippen molar-refractivity contribution in [1.82, 2.24) is 0 Å². The van der Waals surface area contributed by atoms with Crippen LogP contribution < -0.4 is 0 Å². The molecular formula is C14H19FOS. The van der Waals surface area contributed by atoms with Crippen molar-refractivity contribution >= 4 is 11.8 Å². The van der Waals surface area contributed by atoms with Crippen LogP contribution in [0.3, 0.4) is 0 Å². The third-order valence-corrected chi connectivity index (χ3v) is 4.74. The van der Waals surface area contributed by atoms with Crippen molar-refractivity contribution in [3.05, 3.63) is 29.6 Å². The Kier molecular flexibility index (Phi) is 4.46. The van der Waals surface area contributed by atoms with Gasteiger partial charge in [-0.3, -0.25) is 0 Å². The van der Waals surface area contributed by atoms with Crippen LogP contribution in [0.15, 0.2) is 23.1 Å². The molecule has 1 aliphatic rings. The fraction of sp³-hybridized carbons (Fsp3) is 0.571. The molecule has 0 aliphatic heterocycles. The van der Waals surface area contributed by atoms with Gasteiger partial charge in [0.05, 0.1) is 6.10 Å². The van der Waals surface area contributed by atoms with E-state index in [-0.39, 0.29) is 5.82 Å². The first-order chi connectivity index (χ1) is 8.18. The summed E-state index contributed by atoms with van der Waals surface area (Å²) in [6.07, 6.45) is 4.56. The molecule has 2 rings (SSSR count). The third-order valence-electron chi connectivity index (χ3n) is 3.39. The summed E-state index contributed by atoms with van der Waals surface area (Å²) in [4.78, 5) is 0.634. The molecule has 3 heteroatoms. The Morgan fingerprint density at radius 2 is 2.12 bits per heavy atom. The second-order valence-electron chi connectivity index (χ2n) is 4.80. The van der Waals surface area contributed by atoms with Gasteiger partial charge in [0.1, 0.15) is 5.82 Å². The Hall–Kier alpha value is -0.540. The monoisotopic (exact) mass is 254 g/mol. The standard InChI is InChI=1S/C14H19FOS/c1-10(16)12-7-4-8-13(15)14(12)17-9-11-5-2-3-6-11/h4,7-8,10-11,16H,2-3,5-6,9H2,1H3/t10-/m0/s1. The number of aliphatic hydroxyl groups is 1. The summed E-state index contributed by atoms with van der Waals surface area (Å²) in [6.45, 7) is 1.69. The lowest BCUT2D eigenvalue weighted by atomic mass is 10.1. The molecule has 1 aromatic rings. The van der Waals surface area contributed by atoms with Crippen LogP contribution in [-0.4, -0.2) is 10.9 Å². The maximum atomic E-state index is 13.8. The highest BCUT2D eigenvalue weighted by Gasteiger charge is 2.18. The van der Waals surface area contributed by atoms with Gasteiger partial charge < -0.3 is 5.11 Å². The van der Waals surface area contributed by atoms with Crippen molar-refractivity contribution in [3.8, 4) is 0 Å². The summed E-state index contributed by atoms with van der Waals surface area (Å²) in [7, 11) is 0. The summed E-state index contributed by atoms with van der Waals surface area (Å²) in [5.74, 6) is 1.49. The average Bonchev–Trinajstić information content (AvgIpc) is 2.80. The average molecular weight is 254 g/mol. The van der Waals surface area contributed by atoms with Crippen molar-refractivity contribution < 1.29 is 9.50 Å². The van der Waals surface area contributed by atoms with Crippen LogP contribution in [0, 0.1) is 11.7 Å².